The fraction of sp³-hybridized carbons (Fsp3) is 0.231. The van der Waals surface area contributed by atoms with Crippen LogP contribution in [-0.4, -0.2) is 9.97 Å². The van der Waals surface area contributed by atoms with Crippen LogP contribution < -0.4 is 0 Å². The van der Waals surface area contributed by atoms with Crippen LogP contribution in [-0.2, 0) is 11.9 Å². The van der Waals surface area contributed by atoms with Gasteiger partial charge in [0.05, 0.1) is 0 Å². The summed E-state index contributed by atoms with van der Waals surface area (Å²) in [7, 11) is 0. The molecule has 0 fully saturated rings. The molecule has 0 atom stereocenters. The highest BCUT2D eigenvalue weighted by molar-refractivity contribution is 7.98. The molecule has 0 aliphatic rings. The summed E-state index contributed by atoms with van der Waals surface area (Å²) in [6.07, 6.45) is -4.49. The molecule has 0 radical (unpaired) electrons. The second-order valence-electron chi connectivity index (χ2n) is 4.20. The van der Waals surface area contributed by atoms with Crippen molar-refractivity contribution in [1.29, 1.82) is 0 Å². The molecule has 0 saturated carbocycles. The maximum Gasteiger partial charge on any atom is 0.433 e. The summed E-state index contributed by atoms with van der Waals surface area (Å²) in [6.45, 7) is 1.50. The number of halogens is 5. The third-order valence-corrected chi connectivity index (χ3v) is 3.98. The van der Waals surface area contributed by atoms with Gasteiger partial charge in [-0.05, 0) is 30.7 Å². The maximum atomic E-state index is 12.7. The molecule has 0 aliphatic heterocycles. The molecule has 2 nitrogen and oxygen atoms in total. The molecule has 1 aromatic heterocycles. The van der Waals surface area contributed by atoms with Crippen LogP contribution in [0.1, 0.15) is 17.0 Å². The SMILES string of the molecule is Cc1cc(C(F)(F)F)nc(SCc2ccc(Cl)cc2Cl)n1. The number of aryl methyl sites for hydroxylation is 1. The Labute approximate surface area is 133 Å². The minimum atomic E-state index is -4.49. The summed E-state index contributed by atoms with van der Waals surface area (Å²) in [5.41, 5.74) is 0.0754. The number of thioether (sulfide) groups is 1. The highest BCUT2D eigenvalue weighted by Gasteiger charge is 2.33. The Morgan fingerprint density at radius 3 is 2.48 bits per heavy atom. The van der Waals surface area contributed by atoms with Crippen molar-refractivity contribution in [3.05, 3.63) is 51.3 Å². The van der Waals surface area contributed by atoms with Gasteiger partial charge in [0, 0.05) is 21.5 Å². The quantitative estimate of drug-likeness (QED) is 0.546. The lowest BCUT2D eigenvalue weighted by Crippen LogP contribution is -2.10. The van der Waals surface area contributed by atoms with E-state index >= 15 is 0 Å². The fourth-order valence-electron chi connectivity index (χ4n) is 1.53. The van der Waals surface area contributed by atoms with E-state index in [1.165, 1.54) is 6.92 Å². The molecule has 0 unspecified atom stereocenters. The average Bonchev–Trinajstić information content (AvgIpc) is 2.36. The zero-order valence-electron chi connectivity index (χ0n) is 10.7. The van der Waals surface area contributed by atoms with E-state index in [4.69, 9.17) is 23.2 Å². The minimum absolute atomic E-state index is 0.0633. The van der Waals surface area contributed by atoms with Gasteiger partial charge in [0.2, 0.25) is 0 Å². The molecule has 0 N–H and O–H groups in total. The molecule has 1 heterocycles. The Kier molecular flexibility index (Phi) is 5.01. The van der Waals surface area contributed by atoms with E-state index in [-0.39, 0.29) is 10.9 Å². The van der Waals surface area contributed by atoms with Crippen molar-refractivity contribution in [1.82, 2.24) is 9.97 Å². The predicted molar refractivity (Wildman–Crippen MR) is 77.8 cm³/mol. The van der Waals surface area contributed by atoms with E-state index in [0.717, 1.165) is 23.4 Å². The molecule has 0 bridgehead atoms. The summed E-state index contributed by atoms with van der Waals surface area (Å²) in [5, 5.41) is 1.02. The Morgan fingerprint density at radius 1 is 1.14 bits per heavy atom. The summed E-state index contributed by atoms with van der Waals surface area (Å²) >= 11 is 12.9. The molecule has 1 aromatic carbocycles. The van der Waals surface area contributed by atoms with Crippen molar-refractivity contribution in [3.8, 4) is 0 Å². The van der Waals surface area contributed by atoms with Gasteiger partial charge in [0.1, 0.15) is 5.69 Å². The van der Waals surface area contributed by atoms with E-state index < -0.39 is 11.9 Å². The number of alkyl halides is 3. The highest BCUT2D eigenvalue weighted by Crippen LogP contribution is 2.31. The maximum absolute atomic E-state index is 12.7. The van der Waals surface area contributed by atoms with Crippen molar-refractivity contribution in [2.24, 2.45) is 0 Å². The van der Waals surface area contributed by atoms with E-state index in [1.807, 2.05) is 0 Å². The number of hydrogen-bond donors (Lipinski definition) is 0. The van der Waals surface area contributed by atoms with Crippen LogP contribution in [0.5, 0.6) is 0 Å². The molecule has 0 amide bonds. The summed E-state index contributed by atoms with van der Waals surface area (Å²) < 4.78 is 38.1. The monoisotopic (exact) mass is 352 g/mol. The molecular weight excluding hydrogens is 344 g/mol. The average molecular weight is 353 g/mol. The first-order valence-corrected chi connectivity index (χ1v) is 7.49. The van der Waals surface area contributed by atoms with Gasteiger partial charge in [-0.25, -0.2) is 9.97 Å². The standard InChI is InChI=1S/C13H9Cl2F3N2S/c1-7-4-11(13(16,17)18)20-12(19-7)21-6-8-2-3-9(14)5-10(8)15/h2-5H,6H2,1H3. The minimum Gasteiger partial charge on any atom is -0.228 e. The lowest BCUT2D eigenvalue weighted by atomic mass is 10.2. The molecule has 2 rings (SSSR count). The van der Waals surface area contributed by atoms with Gasteiger partial charge in [-0.15, -0.1) is 0 Å². The number of nitrogens with zero attached hydrogens (tertiary/aromatic N) is 2. The third kappa shape index (κ3) is 4.49. The fourth-order valence-corrected chi connectivity index (χ4v) is 2.99. The van der Waals surface area contributed by atoms with Crippen molar-refractivity contribution in [2.75, 3.05) is 0 Å². The van der Waals surface area contributed by atoms with Crippen LogP contribution in [0.2, 0.25) is 10.0 Å². The van der Waals surface area contributed by atoms with E-state index in [2.05, 4.69) is 9.97 Å². The molecule has 0 saturated heterocycles. The van der Waals surface area contributed by atoms with Crippen molar-refractivity contribution in [3.63, 3.8) is 0 Å². The van der Waals surface area contributed by atoms with Crippen LogP contribution in [0.25, 0.3) is 0 Å². The van der Waals surface area contributed by atoms with Crippen LogP contribution in [0.4, 0.5) is 13.2 Å². The van der Waals surface area contributed by atoms with Crippen LogP contribution in [0.15, 0.2) is 29.4 Å². The van der Waals surface area contributed by atoms with E-state index in [1.54, 1.807) is 18.2 Å². The van der Waals surface area contributed by atoms with Crippen LogP contribution in [0.3, 0.4) is 0 Å². The van der Waals surface area contributed by atoms with Gasteiger partial charge < -0.3 is 0 Å². The Hall–Kier alpha value is -0.980. The molecule has 8 heteroatoms. The van der Waals surface area contributed by atoms with Gasteiger partial charge in [0.25, 0.3) is 0 Å². The lowest BCUT2D eigenvalue weighted by Gasteiger charge is -2.09. The smallest absolute Gasteiger partial charge is 0.228 e. The number of benzene rings is 1. The molecular formula is C13H9Cl2F3N2S. The third-order valence-electron chi connectivity index (χ3n) is 2.50. The van der Waals surface area contributed by atoms with Crippen molar-refractivity contribution in [2.45, 2.75) is 24.0 Å². The number of aromatic nitrogens is 2. The van der Waals surface area contributed by atoms with Gasteiger partial charge in [-0.2, -0.15) is 13.2 Å². The first-order chi connectivity index (χ1) is 9.75. The number of rotatable bonds is 3. The Morgan fingerprint density at radius 2 is 1.86 bits per heavy atom. The first-order valence-electron chi connectivity index (χ1n) is 5.75. The van der Waals surface area contributed by atoms with Crippen LogP contribution >= 0.6 is 35.0 Å². The number of hydrogen-bond acceptors (Lipinski definition) is 3. The summed E-state index contributed by atoms with van der Waals surface area (Å²) in [5.74, 6) is 0.358. The second kappa shape index (κ2) is 6.42. The molecule has 0 aliphatic carbocycles. The largest absolute Gasteiger partial charge is 0.433 e. The first kappa shape index (κ1) is 16.4. The molecule has 112 valence electrons. The normalized spacial score (nSPS) is 11.7. The van der Waals surface area contributed by atoms with Crippen LogP contribution in [0, 0.1) is 6.92 Å². The Bertz CT molecular complexity index is 662. The Balaban J connectivity index is 2.18. The highest BCUT2D eigenvalue weighted by atomic mass is 35.5. The summed E-state index contributed by atoms with van der Waals surface area (Å²) in [4.78, 5) is 7.52. The zero-order chi connectivity index (χ0) is 15.6. The molecule has 2 aromatic rings. The van der Waals surface area contributed by atoms with E-state index in [9.17, 15) is 13.2 Å². The van der Waals surface area contributed by atoms with Crippen molar-refractivity contribution < 1.29 is 13.2 Å². The summed E-state index contributed by atoms with van der Waals surface area (Å²) in [6, 6.07) is 5.89. The molecule has 0 spiro atoms. The van der Waals surface area contributed by atoms with Gasteiger partial charge in [0.15, 0.2) is 5.16 Å². The second-order valence-corrected chi connectivity index (χ2v) is 5.99. The van der Waals surface area contributed by atoms with Gasteiger partial charge in [-0.3, -0.25) is 0 Å². The zero-order valence-corrected chi connectivity index (χ0v) is 13.0. The topological polar surface area (TPSA) is 25.8 Å². The van der Waals surface area contributed by atoms with Gasteiger partial charge in [-0.1, -0.05) is 41.0 Å². The predicted octanol–water partition coefficient (Wildman–Crippen LogP) is 5.40. The van der Waals surface area contributed by atoms with Gasteiger partial charge >= 0.3 is 6.18 Å². The van der Waals surface area contributed by atoms with Crippen molar-refractivity contribution >= 4 is 35.0 Å². The molecule has 21 heavy (non-hydrogen) atoms. The lowest BCUT2D eigenvalue weighted by molar-refractivity contribution is -0.141. The van der Waals surface area contributed by atoms with E-state index in [0.29, 0.717) is 15.8 Å².